The minimum absolute atomic E-state index is 0.469. The minimum atomic E-state index is -0.614. The molecule has 1 aromatic rings. The Hall–Kier alpha value is -0.940. The van der Waals surface area contributed by atoms with Gasteiger partial charge in [-0.2, -0.15) is 0 Å². The van der Waals surface area contributed by atoms with Gasteiger partial charge in [0.05, 0.1) is 25.9 Å². The molecule has 2 aliphatic heterocycles. The summed E-state index contributed by atoms with van der Waals surface area (Å²) in [5.41, 5.74) is 0.572. The lowest BCUT2D eigenvalue weighted by atomic mass is 9.88. The van der Waals surface area contributed by atoms with Crippen LogP contribution in [0.4, 0.5) is 0 Å². The Bertz CT molecular complexity index is 439. The molecule has 0 aliphatic carbocycles. The van der Waals surface area contributed by atoms with Crippen LogP contribution in [0.3, 0.4) is 0 Å². The molecular formula is C18H27NO3. The molecule has 2 fully saturated rings. The van der Waals surface area contributed by atoms with Gasteiger partial charge in [0.2, 0.25) is 0 Å². The van der Waals surface area contributed by atoms with Crippen LogP contribution in [-0.2, 0) is 15.9 Å². The third-order valence-electron chi connectivity index (χ3n) is 4.80. The number of likely N-dealkylation sites (tertiary alicyclic amines) is 1. The molecule has 0 amide bonds. The summed E-state index contributed by atoms with van der Waals surface area (Å²) >= 11 is 0. The fourth-order valence-electron chi connectivity index (χ4n) is 3.50. The second-order valence-corrected chi connectivity index (χ2v) is 6.51. The zero-order valence-corrected chi connectivity index (χ0v) is 13.2. The summed E-state index contributed by atoms with van der Waals surface area (Å²) in [5, 5.41) is 10.9. The fraction of sp³-hybridized carbons (Fsp3) is 0.667. The van der Waals surface area contributed by atoms with E-state index in [1.54, 1.807) is 0 Å². The molecule has 0 spiro atoms. The van der Waals surface area contributed by atoms with Crippen molar-refractivity contribution in [3.05, 3.63) is 35.9 Å². The first-order valence-electron chi connectivity index (χ1n) is 8.45. The third-order valence-corrected chi connectivity index (χ3v) is 4.80. The Morgan fingerprint density at radius 2 is 1.86 bits per heavy atom. The van der Waals surface area contributed by atoms with Crippen molar-refractivity contribution in [1.29, 1.82) is 0 Å². The van der Waals surface area contributed by atoms with Crippen molar-refractivity contribution in [2.24, 2.45) is 0 Å². The molecule has 2 aliphatic rings. The predicted molar refractivity (Wildman–Crippen MR) is 85.9 cm³/mol. The molecule has 3 rings (SSSR count). The van der Waals surface area contributed by atoms with E-state index in [1.165, 1.54) is 24.8 Å². The van der Waals surface area contributed by atoms with Gasteiger partial charge < -0.3 is 19.5 Å². The van der Waals surface area contributed by atoms with Crippen LogP contribution < -0.4 is 0 Å². The van der Waals surface area contributed by atoms with Crippen LogP contribution in [0.1, 0.15) is 24.8 Å². The van der Waals surface area contributed by atoms with Crippen molar-refractivity contribution in [2.45, 2.75) is 37.4 Å². The smallest absolute Gasteiger partial charge is 0.122 e. The SMILES string of the molecule is OC(CN1CCCCC1)C1(Cc2ccccc2)COCCO1. The Morgan fingerprint density at radius 1 is 1.09 bits per heavy atom. The highest BCUT2D eigenvalue weighted by Crippen LogP contribution is 2.27. The number of benzene rings is 1. The number of ether oxygens (including phenoxy) is 2. The molecule has 4 heteroatoms. The Balaban J connectivity index is 1.70. The van der Waals surface area contributed by atoms with Crippen LogP contribution >= 0.6 is 0 Å². The van der Waals surface area contributed by atoms with Crippen LogP contribution in [-0.4, -0.2) is 61.2 Å². The molecule has 2 unspecified atom stereocenters. The van der Waals surface area contributed by atoms with Crippen molar-refractivity contribution >= 4 is 0 Å². The molecule has 0 radical (unpaired) electrons. The van der Waals surface area contributed by atoms with E-state index in [0.717, 1.165) is 13.1 Å². The highest BCUT2D eigenvalue weighted by Gasteiger charge is 2.42. The highest BCUT2D eigenvalue weighted by atomic mass is 16.6. The molecular weight excluding hydrogens is 278 g/mol. The lowest BCUT2D eigenvalue weighted by Gasteiger charge is -2.43. The fourth-order valence-corrected chi connectivity index (χ4v) is 3.50. The van der Waals surface area contributed by atoms with E-state index < -0.39 is 11.7 Å². The Kier molecular flexibility index (Phi) is 5.47. The maximum atomic E-state index is 10.9. The first kappa shape index (κ1) is 15.9. The Labute approximate surface area is 133 Å². The van der Waals surface area contributed by atoms with Crippen molar-refractivity contribution in [2.75, 3.05) is 39.5 Å². The summed E-state index contributed by atoms with van der Waals surface area (Å²) in [4.78, 5) is 2.36. The van der Waals surface area contributed by atoms with Crippen LogP contribution in [0.15, 0.2) is 30.3 Å². The van der Waals surface area contributed by atoms with Crippen LogP contribution in [0.2, 0.25) is 0 Å². The lowest BCUT2D eigenvalue weighted by molar-refractivity contribution is -0.205. The summed E-state index contributed by atoms with van der Waals surface area (Å²) in [6.07, 6.45) is 3.95. The largest absolute Gasteiger partial charge is 0.389 e. The number of β-amino-alcohol motifs (C(OH)–C–C–N with tert-alkyl or cyclic N) is 1. The average molecular weight is 305 g/mol. The van der Waals surface area contributed by atoms with Gasteiger partial charge in [-0.3, -0.25) is 0 Å². The number of hydrogen-bond donors (Lipinski definition) is 1. The molecule has 1 N–H and O–H groups in total. The Morgan fingerprint density at radius 3 is 2.55 bits per heavy atom. The van der Waals surface area contributed by atoms with Gasteiger partial charge in [-0.15, -0.1) is 0 Å². The van der Waals surface area contributed by atoms with Crippen LogP contribution in [0.5, 0.6) is 0 Å². The molecule has 2 heterocycles. The average Bonchev–Trinajstić information content (AvgIpc) is 2.57. The number of hydrogen-bond acceptors (Lipinski definition) is 4. The van der Waals surface area contributed by atoms with Crippen molar-refractivity contribution < 1.29 is 14.6 Å². The topological polar surface area (TPSA) is 41.9 Å². The summed E-state index contributed by atoms with van der Waals surface area (Å²) in [6.45, 7) is 4.49. The monoisotopic (exact) mass is 305 g/mol. The zero-order valence-electron chi connectivity index (χ0n) is 13.2. The number of aliphatic hydroxyl groups excluding tert-OH is 1. The molecule has 1 aromatic carbocycles. The number of aliphatic hydroxyl groups is 1. The van der Waals surface area contributed by atoms with Crippen LogP contribution in [0.25, 0.3) is 0 Å². The minimum Gasteiger partial charge on any atom is -0.389 e. The number of nitrogens with zero attached hydrogens (tertiary/aromatic N) is 1. The maximum absolute atomic E-state index is 10.9. The van der Waals surface area contributed by atoms with Gasteiger partial charge in [0.15, 0.2) is 0 Å². The van der Waals surface area contributed by atoms with Crippen LogP contribution in [0, 0.1) is 0 Å². The van der Waals surface area contributed by atoms with E-state index in [2.05, 4.69) is 17.0 Å². The van der Waals surface area contributed by atoms with Gasteiger partial charge in [-0.1, -0.05) is 36.8 Å². The highest BCUT2D eigenvalue weighted by molar-refractivity contribution is 5.18. The van der Waals surface area contributed by atoms with E-state index >= 15 is 0 Å². The lowest BCUT2D eigenvalue weighted by Crippen LogP contribution is -2.57. The predicted octanol–water partition coefficient (Wildman–Crippen LogP) is 1.86. The molecule has 0 bridgehead atoms. The molecule has 2 atom stereocenters. The third kappa shape index (κ3) is 3.87. The van der Waals surface area contributed by atoms with E-state index in [9.17, 15) is 5.11 Å². The second kappa shape index (κ2) is 7.55. The standard InChI is InChI=1S/C18H27NO3/c20-17(14-19-9-5-2-6-10-19)18(15-21-11-12-22-18)13-16-7-3-1-4-8-16/h1,3-4,7-8,17,20H,2,5-6,9-15H2. The van der Waals surface area contributed by atoms with Crippen molar-refractivity contribution in [3.63, 3.8) is 0 Å². The normalized spacial score (nSPS) is 28.4. The summed E-state index contributed by atoms with van der Waals surface area (Å²) < 4.78 is 11.7. The number of piperidine rings is 1. The molecule has 122 valence electrons. The molecule has 2 saturated heterocycles. The van der Waals surface area contributed by atoms with E-state index in [4.69, 9.17) is 9.47 Å². The maximum Gasteiger partial charge on any atom is 0.122 e. The van der Waals surface area contributed by atoms with Gasteiger partial charge >= 0.3 is 0 Å². The van der Waals surface area contributed by atoms with E-state index in [0.29, 0.717) is 32.8 Å². The summed E-state index contributed by atoms with van der Waals surface area (Å²) in [6, 6.07) is 10.3. The van der Waals surface area contributed by atoms with E-state index in [1.807, 2.05) is 18.2 Å². The quantitative estimate of drug-likeness (QED) is 0.902. The number of rotatable bonds is 5. The molecule has 4 nitrogen and oxygen atoms in total. The first-order chi connectivity index (χ1) is 10.8. The van der Waals surface area contributed by atoms with Gasteiger partial charge in [-0.25, -0.2) is 0 Å². The second-order valence-electron chi connectivity index (χ2n) is 6.51. The molecule has 22 heavy (non-hydrogen) atoms. The van der Waals surface area contributed by atoms with Gasteiger partial charge in [0.25, 0.3) is 0 Å². The summed E-state index contributed by atoms with van der Waals surface area (Å²) in [5.74, 6) is 0. The van der Waals surface area contributed by atoms with Crippen molar-refractivity contribution in [3.8, 4) is 0 Å². The molecule has 0 saturated carbocycles. The molecule has 0 aromatic heterocycles. The first-order valence-corrected chi connectivity index (χ1v) is 8.45. The zero-order chi connectivity index (χ0) is 15.3. The van der Waals surface area contributed by atoms with Gasteiger partial charge in [0, 0.05) is 13.0 Å². The van der Waals surface area contributed by atoms with E-state index in [-0.39, 0.29) is 0 Å². The van der Waals surface area contributed by atoms with Gasteiger partial charge in [0.1, 0.15) is 5.60 Å². The summed E-state index contributed by atoms with van der Waals surface area (Å²) in [7, 11) is 0. The van der Waals surface area contributed by atoms with Crippen molar-refractivity contribution in [1.82, 2.24) is 4.90 Å². The van der Waals surface area contributed by atoms with Gasteiger partial charge in [-0.05, 0) is 31.5 Å².